The summed E-state index contributed by atoms with van der Waals surface area (Å²) in [5.74, 6) is -2.56. The van der Waals surface area contributed by atoms with E-state index in [4.69, 9.17) is 20.5 Å². The molecule has 0 spiro atoms. The van der Waals surface area contributed by atoms with Crippen molar-refractivity contribution in [2.24, 2.45) is 0 Å². The van der Waals surface area contributed by atoms with Crippen molar-refractivity contribution in [1.82, 2.24) is 10.6 Å². The molecule has 172 valence electrons. The summed E-state index contributed by atoms with van der Waals surface area (Å²) in [5, 5.41) is 6.18. The topological polar surface area (TPSA) is 157 Å². The number of nitrogens with one attached hydrogen (secondary N) is 3. The molecule has 3 N–H and O–H groups in total. The zero-order chi connectivity index (χ0) is 24.3. The maximum atomic E-state index is 12.7. The van der Waals surface area contributed by atoms with Crippen molar-refractivity contribution in [3.05, 3.63) is 52.6 Å². The van der Waals surface area contributed by atoms with Gasteiger partial charge in [-0.1, -0.05) is 11.6 Å². The first-order valence-electron chi connectivity index (χ1n) is 9.08. The Morgan fingerprint density at radius 1 is 1.06 bits per heavy atom. The first-order valence-corrected chi connectivity index (χ1v) is 10.9. The van der Waals surface area contributed by atoms with Crippen LogP contribution >= 0.6 is 11.6 Å². The van der Waals surface area contributed by atoms with Gasteiger partial charge < -0.3 is 14.2 Å². The number of carbonyl (C=O) groups is 4. The van der Waals surface area contributed by atoms with E-state index in [0.717, 1.165) is 6.08 Å². The molecular formula is C20H16ClN3O8S. The number of rotatable bonds is 6. The second-order valence-corrected chi connectivity index (χ2v) is 8.53. The van der Waals surface area contributed by atoms with Crippen molar-refractivity contribution in [3.63, 3.8) is 0 Å². The summed E-state index contributed by atoms with van der Waals surface area (Å²) in [4.78, 5) is 45.9. The molecule has 0 radical (unpaired) electrons. The van der Waals surface area contributed by atoms with Crippen LogP contribution < -0.4 is 24.9 Å². The van der Waals surface area contributed by atoms with Gasteiger partial charge in [0.15, 0.2) is 5.75 Å². The van der Waals surface area contributed by atoms with E-state index in [-0.39, 0.29) is 38.5 Å². The second kappa shape index (κ2) is 9.30. The number of hydrogen-bond donors (Lipinski definition) is 3. The van der Waals surface area contributed by atoms with E-state index < -0.39 is 28.0 Å². The smallest absolute Gasteiger partial charge is 0.339 e. The summed E-state index contributed by atoms with van der Waals surface area (Å²) in [6.45, 7) is 1.31. The number of anilines is 1. The van der Waals surface area contributed by atoms with Gasteiger partial charge in [-0.2, -0.15) is 8.42 Å². The molecule has 0 atom stereocenters. The Bertz CT molecular complexity index is 1280. The van der Waals surface area contributed by atoms with Gasteiger partial charge in [0.25, 0.3) is 11.8 Å². The third-order valence-corrected chi connectivity index (χ3v) is 5.68. The van der Waals surface area contributed by atoms with Crippen LogP contribution in [0.1, 0.15) is 12.5 Å². The minimum atomic E-state index is -4.34. The van der Waals surface area contributed by atoms with E-state index >= 15 is 0 Å². The largest absolute Gasteiger partial charge is 0.493 e. The highest BCUT2D eigenvalue weighted by Crippen LogP contribution is 2.39. The molecule has 1 saturated heterocycles. The quantitative estimate of drug-likeness (QED) is 0.312. The standard InChI is InChI=1S/C20H16ClN3O8S/c1-10(25)22-12-3-5-13(6-4-12)33(29,30)32-17-15(21)8-11(9-16(17)31-2)7-14-18(26)23-20(28)24-19(14)27/h3-9H,1-2H3,(H,22,25)(H2,23,24,26,27,28). The first kappa shape index (κ1) is 23.8. The first-order chi connectivity index (χ1) is 15.5. The highest BCUT2D eigenvalue weighted by atomic mass is 35.5. The van der Waals surface area contributed by atoms with Crippen LogP contribution in [-0.2, 0) is 24.5 Å². The van der Waals surface area contributed by atoms with Crippen molar-refractivity contribution in [2.45, 2.75) is 11.8 Å². The second-order valence-electron chi connectivity index (χ2n) is 6.57. The maximum Gasteiger partial charge on any atom is 0.339 e. The predicted molar refractivity (Wildman–Crippen MR) is 116 cm³/mol. The van der Waals surface area contributed by atoms with Crippen LogP contribution in [0.3, 0.4) is 0 Å². The van der Waals surface area contributed by atoms with Gasteiger partial charge in [0, 0.05) is 12.6 Å². The molecule has 0 aliphatic carbocycles. The number of carbonyl (C=O) groups excluding carboxylic acids is 4. The Hall–Kier alpha value is -3.90. The van der Waals surface area contributed by atoms with Crippen LogP contribution in [0.15, 0.2) is 46.9 Å². The molecule has 13 heteroatoms. The van der Waals surface area contributed by atoms with Gasteiger partial charge in [0.1, 0.15) is 10.5 Å². The van der Waals surface area contributed by atoms with Crippen LogP contribution in [0.2, 0.25) is 5.02 Å². The lowest BCUT2D eigenvalue weighted by Crippen LogP contribution is -2.51. The monoisotopic (exact) mass is 493 g/mol. The number of imide groups is 2. The minimum absolute atomic E-state index is 0.0968. The van der Waals surface area contributed by atoms with Gasteiger partial charge in [-0.05, 0) is 48.0 Å². The number of urea groups is 1. The molecule has 3 rings (SSSR count). The van der Waals surface area contributed by atoms with Gasteiger partial charge in [0.05, 0.1) is 12.1 Å². The molecule has 0 saturated carbocycles. The number of benzene rings is 2. The summed E-state index contributed by atoms with van der Waals surface area (Å²) in [6, 6.07) is 6.84. The summed E-state index contributed by atoms with van der Waals surface area (Å²) in [7, 11) is -3.10. The van der Waals surface area contributed by atoms with E-state index in [9.17, 15) is 27.6 Å². The molecule has 1 aliphatic heterocycles. The average Bonchev–Trinajstić information content (AvgIpc) is 2.72. The van der Waals surface area contributed by atoms with Crippen LogP contribution in [0, 0.1) is 0 Å². The molecule has 0 bridgehead atoms. The molecule has 0 unspecified atom stereocenters. The fraction of sp³-hybridized carbons (Fsp3) is 0.100. The van der Waals surface area contributed by atoms with Crippen LogP contribution in [-0.4, -0.2) is 39.3 Å². The van der Waals surface area contributed by atoms with Crippen molar-refractivity contribution < 1.29 is 36.5 Å². The zero-order valence-electron chi connectivity index (χ0n) is 17.1. The Labute approximate surface area is 192 Å². The van der Waals surface area contributed by atoms with Gasteiger partial charge in [-0.3, -0.25) is 25.0 Å². The lowest BCUT2D eigenvalue weighted by molar-refractivity contribution is -0.124. The van der Waals surface area contributed by atoms with Crippen molar-refractivity contribution in [3.8, 4) is 11.5 Å². The van der Waals surface area contributed by atoms with E-state index in [1.807, 2.05) is 10.6 Å². The predicted octanol–water partition coefficient (Wildman–Crippen LogP) is 1.82. The fourth-order valence-electron chi connectivity index (χ4n) is 2.74. The number of halogens is 1. The van der Waals surface area contributed by atoms with Gasteiger partial charge in [-0.15, -0.1) is 0 Å². The Kier molecular flexibility index (Phi) is 6.70. The molecule has 11 nitrogen and oxygen atoms in total. The van der Waals surface area contributed by atoms with Gasteiger partial charge >= 0.3 is 16.1 Å². The summed E-state index contributed by atoms with van der Waals surface area (Å²) >= 11 is 6.20. The number of amides is 5. The molecule has 1 fully saturated rings. The molecule has 2 aromatic rings. The average molecular weight is 494 g/mol. The van der Waals surface area contributed by atoms with Crippen molar-refractivity contribution in [2.75, 3.05) is 12.4 Å². The normalized spacial score (nSPS) is 13.7. The minimum Gasteiger partial charge on any atom is -0.493 e. The summed E-state index contributed by atoms with van der Waals surface area (Å²) < 4.78 is 35.7. The summed E-state index contributed by atoms with van der Waals surface area (Å²) in [6.07, 6.45) is 1.14. The van der Waals surface area contributed by atoms with E-state index in [2.05, 4.69) is 5.32 Å². The van der Waals surface area contributed by atoms with E-state index in [0.29, 0.717) is 5.69 Å². The van der Waals surface area contributed by atoms with Crippen molar-refractivity contribution in [1.29, 1.82) is 0 Å². The van der Waals surface area contributed by atoms with Gasteiger partial charge in [-0.25, -0.2) is 4.79 Å². The number of ether oxygens (including phenoxy) is 1. The highest BCUT2D eigenvalue weighted by Gasteiger charge is 2.28. The zero-order valence-corrected chi connectivity index (χ0v) is 18.7. The van der Waals surface area contributed by atoms with E-state index in [1.165, 1.54) is 50.4 Å². The molecule has 2 aromatic carbocycles. The number of hydrogen-bond acceptors (Lipinski definition) is 8. The number of methoxy groups -OCH3 is 1. The Morgan fingerprint density at radius 3 is 2.21 bits per heavy atom. The molecule has 1 aliphatic rings. The van der Waals surface area contributed by atoms with Crippen molar-refractivity contribution >= 4 is 57.2 Å². The number of barbiturate groups is 1. The van der Waals surface area contributed by atoms with Crippen LogP contribution in [0.5, 0.6) is 11.5 Å². The molecule has 0 aromatic heterocycles. The fourth-order valence-corrected chi connectivity index (χ4v) is 4.00. The third kappa shape index (κ3) is 5.48. The lowest BCUT2D eigenvalue weighted by Gasteiger charge is -2.15. The molecule has 33 heavy (non-hydrogen) atoms. The maximum absolute atomic E-state index is 12.7. The highest BCUT2D eigenvalue weighted by molar-refractivity contribution is 7.87. The Morgan fingerprint density at radius 2 is 1.67 bits per heavy atom. The molecular weight excluding hydrogens is 478 g/mol. The SMILES string of the molecule is COc1cc(C=C2C(=O)NC(=O)NC2=O)cc(Cl)c1OS(=O)(=O)c1ccc(NC(C)=O)cc1. The van der Waals surface area contributed by atoms with E-state index in [1.54, 1.807) is 0 Å². The summed E-state index contributed by atoms with van der Waals surface area (Å²) in [5.41, 5.74) is 0.233. The van der Waals surface area contributed by atoms with Crippen LogP contribution in [0.25, 0.3) is 6.08 Å². The third-order valence-electron chi connectivity index (χ3n) is 4.16. The lowest BCUT2D eigenvalue weighted by atomic mass is 10.1. The molecule has 1 heterocycles. The van der Waals surface area contributed by atoms with Crippen LogP contribution in [0.4, 0.5) is 10.5 Å². The van der Waals surface area contributed by atoms with Gasteiger partial charge in [0.2, 0.25) is 11.7 Å². The Balaban J connectivity index is 1.92. The molecule has 5 amide bonds.